The van der Waals surface area contributed by atoms with Crippen LogP contribution in [0.1, 0.15) is 5.69 Å². The van der Waals surface area contributed by atoms with Gasteiger partial charge >= 0.3 is 0 Å². The molecule has 0 bridgehead atoms. The van der Waals surface area contributed by atoms with Crippen molar-refractivity contribution in [3.8, 4) is 11.5 Å². The zero-order valence-electron chi connectivity index (χ0n) is 13.7. The van der Waals surface area contributed by atoms with Crippen LogP contribution < -0.4 is 15.8 Å². The Kier molecular flexibility index (Phi) is 4.33. The predicted octanol–water partition coefficient (Wildman–Crippen LogP) is 4.60. The van der Waals surface area contributed by atoms with Crippen LogP contribution in [-0.4, -0.2) is 15.0 Å². The number of H-pyrrole nitrogens is 1. The molecule has 26 heavy (non-hydrogen) atoms. The van der Waals surface area contributed by atoms with Crippen LogP contribution in [0.4, 0.5) is 11.6 Å². The number of nitrogens with one attached hydrogen (secondary N) is 2. The van der Waals surface area contributed by atoms with Crippen molar-refractivity contribution in [3.63, 3.8) is 0 Å². The number of ether oxygens (including phenoxy) is 1. The molecule has 2 aromatic carbocycles. The molecule has 4 rings (SSSR count). The minimum Gasteiger partial charge on any atom is -0.456 e. The lowest BCUT2D eigenvalue weighted by molar-refractivity contribution is 0.480. The van der Waals surface area contributed by atoms with Crippen LogP contribution in [0.25, 0.3) is 11.0 Å². The molecule has 4 aromatic rings. The van der Waals surface area contributed by atoms with E-state index < -0.39 is 0 Å². The van der Waals surface area contributed by atoms with Gasteiger partial charge in [-0.2, -0.15) is 0 Å². The quantitative estimate of drug-likeness (QED) is 0.450. The van der Waals surface area contributed by atoms with E-state index in [0.717, 1.165) is 16.7 Å². The molecule has 0 aliphatic heterocycles. The summed E-state index contributed by atoms with van der Waals surface area (Å²) in [5.41, 5.74) is 9.10. The van der Waals surface area contributed by atoms with Gasteiger partial charge in [-0.15, -0.1) is 0 Å². The maximum atomic E-state index is 5.87. The standard InChI is InChI=1S/C19H16ClN5O/c20-12-1-5-15(6-2-12)26-16-7-4-14(22-11-16)10-23-19-24-17-8-3-13(21)9-18(17)25-19/h1-9,11H,10,21H2,(H2,23,24,25). The highest BCUT2D eigenvalue weighted by molar-refractivity contribution is 6.30. The van der Waals surface area contributed by atoms with Gasteiger partial charge in [0.15, 0.2) is 0 Å². The van der Waals surface area contributed by atoms with Crippen LogP contribution in [-0.2, 0) is 6.54 Å². The number of anilines is 2. The van der Waals surface area contributed by atoms with Gasteiger partial charge in [0, 0.05) is 10.7 Å². The predicted molar refractivity (Wildman–Crippen MR) is 104 cm³/mol. The third kappa shape index (κ3) is 3.70. The molecule has 130 valence electrons. The van der Waals surface area contributed by atoms with Gasteiger partial charge in [0.05, 0.1) is 29.5 Å². The van der Waals surface area contributed by atoms with Crippen molar-refractivity contribution in [1.82, 2.24) is 15.0 Å². The number of rotatable bonds is 5. The van der Waals surface area contributed by atoms with Gasteiger partial charge in [-0.3, -0.25) is 4.98 Å². The summed E-state index contributed by atoms with van der Waals surface area (Å²) in [5, 5.41) is 3.89. The van der Waals surface area contributed by atoms with E-state index in [1.165, 1.54) is 0 Å². The highest BCUT2D eigenvalue weighted by Crippen LogP contribution is 2.23. The molecule has 6 nitrogen and oxygen atoms in total. The number of fused-ring (bicyclic) bond motifs is 1. The maximum Gasteiger partial charge on any atom is 0.201 e. The largest absolute Gasteiger partial charge is 0.456 e. The van der Waals surface area contributed by atoms with E-state index in [2.05, 4.69) is 20.3 Å². The van der Waals surface area contributed by atoms with E-state index >= 15 is 0 Å². The molecule has 0 radical (unpaired) electrons. The Bertz CT molecular complexity index is 1030. The average Bonchev–Trinajstić information content (AvgIpc) is 3.05. The number of benzene rings is 2. The van der Waals surface area contributed by atoms with Crippen LogP contribution in [0.2, 0.25) is 5.02 Å². The highest BCUT2D eigenvalue weighted by Gasteiger charge is 2.04. The molecule has 2 heterocycles. The van der Waals surface area contributed by atoms with Gasteiger partial charge in [-0.1, -0.05) is 11.6 Å². The molecule has 0 fully saturated rings. The second-order valence-electron chi connectivity index (χ2n) is 5.76. The molecule has 7 heteroatoms. The van der Waals surface area contributed by atoms with Crippen LogP contribution in [0.5, 0.6) is 11.5 Å². The van der Waals surface area contributed by atoms with Gasteiger partial charge in [0.2, 0.25) is 5.95 Å². The number of nitrogens with zero attached hydrogens (tertiary/aromatic N) is 2. The van der Waals surface area contributed by atoms with E-state index in [0.29, 0.717) is 34.7 Å². The van der Waals surface area contributed by atoms with Crippen molar-refractivity contribution in [1.29, 1.82) is 0 Å². The number of hydrogen-bond donors (Lipinski definition) is 3. The molecule has 0 atom stereocenters. The van der Waals surface area contributed by atoms with Crippen molar-refractivity contribution in [3.05, 3.63) is 71.5 Å². The van der Waals surface area contributed by atoms with E-state index in [1.807, 2.05) is 42.5 Å². The Morgan fingerprint density at radius 2 is 1.85 bits per heavy atom. The number of imidazole rings is 1. The number of aromatic amines is 1. The normalized spacial score (nSPS) is 10.8. The Hall–Kier alpha value is -3.25. The molecule has 0 saturated heterocycles. The number of pyridine rings is 1. The minimum absolute atomic E-state index is 0.538. The summed E-state index contributed by atoms with van der Waals surface area (Å²) in [6.45, 7) is 0.538. The monoisotopic (exact) mass is 365 g/mol. The minimum atomic E-state index is 0.538. The van der Waals surface area contributed by atoms with Crippen LogP contribution >= 0.6 is 11.6 Å². The first-order chi connectivity index (χ1) is 12.7. The lowest BCUT2D eigenvalue weighted by Gasteiger charge is -2.07. The Morgan fingerprint density at radius 1 is 1.04 bits per heavy atom. The van der Waals surface area contributed by atoms with E-state index in [1.54, 1.807) is 18.3 Å². The molecule has 2 aromatic heterocycles. The number of hydrogen-bond acceptors (Lipinski definition) is 5. The van der Waals surface area contributed by atoms with Gasteiger partial charge in [-0.05, 0) is 54.6 Å². The fourth-order valence-electron chi connectivity index (χ4n) is 2.50. The van der Waals surface area contributed by atoms with E-state index in [9.17, 15) is 0 Å². The SMILES string of the molecule is Nc1ccc2nc(NCc3ccc(Oc4ccc(Cl)cc4)cn3)[nH]c2c1. The molecule has 0 unspecified atom stereocenters. The molecular formula is C19H16ClN5O. The Labute approximate surface area is 155 Å². The molecule has 4 N–H and O–H groups in total. The smallest absolute Gasteiger partial charge is 0.201 e. The molecule has 0 spiro atoms. The van der Waals surface area contributed by atoms with Gasteiger partial charge in [-0.25, -0.2) is 4.98 Å². The van der Waals surface area contributed by atoms with Gasteiger partial charge < -0.3 is 20.8 Å². The first-order valence-electron chi connectivity index (χ1n) is 8.03. The van der Waals surface area contributed by atoms with Crippen LogP contribution in [0.3, 0.4) is 0 Å². The molecule has 0 saturated carbocycles. The third-order valence-electron chi connectivity index (χ3n) is 3.79. The fourth-order valence-corrected chi connectivity index (χ4v) is 2.63. The third-order valence-corrected chi connectivity index (χ3v) is 4.04. The molecule has 0 aliphatic carbocycles. The van der Waals surface area contributed by atoms with E-state index in [4.69, 9.17) is 22.1 Å². The molecule has 0 amide bonds. The number of halogens is 1. The van der Waals surface area contributed by atoms with Crippen molar-refractivity contribution in [2.24, 2.45) is 0 Å². The summed E-state index contributed by atoms with van der Waals surface area (Å²) in [4.78, 5) is 12.1. The Balaban J connectivity index is 1.39. The maximum absolute atomic E-state index is 5.87. The summed E-state index contributed by atoms with van der Waals surface area (Å²) in [6, 6.07) is 16.5. The van der Waals surface area contributed by atoms with Crippen molar-refractivity contribution >= 4 is 34.3 Å². The number of nitrogen functional groups attached to an aromatic ring is 1. The van der Waals surface area contributed by atoms with Crippen LogP contribution in [0.15, 0.2) is 60.8 Å². The summed E-state index contributed by atoms with van der Waals surface area (Å²) < 4.78 is 5.73. The average molecular weight is 366 g/mol. The van der Waals surface area contributed by atoms with Crippen LogP contribution in [0, 0.1) is 0 Å². The van der Waals surface area contributed by atoms with Crippen molar-refractivity contribution in [2.75, 3.05) is 11.1 Å². The van der Waals surface area contributed by atoms with Crippen molar-refractivity contribution in [2.45, 2.75) is 6.54 Å². The number of aromatic nitrogens is 3. The number of nitrogens with two attached hydrogens (primary N) is 1. The van der Waals surface area contributed by atoms with E-state index in [-0.39, 0.29) is 0 Å². The van der Waals surface area contributed by atoms with Gasteiger partial charge in [0.1, 0.15) is 11.5 Å². The first kappa shape index (κ1) is 16.2. The summed E-state index contributed by atoms with van der Waals surface area (Å²) in [6.07, 6.45) is 1.69. The topological polar surface area (TPSA) is 88.8 Å². The lowest BCUT2D eigenvalue weighted by atomic mass is 10.3. The summed E-state index contributed by atoms with van der Waals surface area (Å²) in [5.74, 6) is 2.05. The molecular weight excluding hydrogens is 350 g/mol. The second-order valence-corrected chi connectivity index (χ2v) is 6.19. The fraction of sp³-hybridized carbons (Fsp3) is 0.0526. The zero-order valence-corrected chi connectivity index (χ0v) is 14.5. The van der Waals surface area contributed by atoms with Gasteiger partial charge in [0.25, 0.3) is 0 Å². The van der Waals surface area contributed by atoms with Crippen molar-refractivity contribution < 1.29 is 4.74 Å². The lowest BCUT2D eigenvalue weighted by Crippen LogP contribution is -2.02. The highest BCUT2D eigenvalue weighted by atomic mass is 35.5. The summed E-state index contributed by atoms with van der Waals surface area (Å²) >= 11 is 5.87. The Morgan fingerprint density at radius 3 is 2.62 bits per heavy atom. The first-order valence-corrected chi connectivity index (χ1v) is 8.41. The zero-order chi connectivity index (χ0) is 17.9. The summed E-state index contributed by atoms with van der Waals surface area (Å²) in [7, 11) is 0. The second kappa shape index (κ2) is 6.93. The molecule has 0 aliphatic rings.